The van der Waals surface area contributed by atoms with Gasteiger partial charge in [-0.15, -0.1) is 13.2 Å². The molecule has 0 aromatic heterocycles. The molecule has 13 nitrogen and oxygen atoms in total. The number of anilines is 1. The van der Waals surface area contributed by atoms with Crippen LogP contribution in [0.1, 0.15) is 24.8 Å². The van der Waals surface area contributed by atoms with Crippen LogP contribution in [-0.2, 0) is 40.0 Å². The van der Waals surface area contributed by atoms with Crippen molar-refractivity contribution in [3.8, 4) is 0 Å². The molecule has 0 bridgehead atoms. The van der Waals surface area contributed by atoms with E-state index in [0.717, 1.165) is 16.3 Å². The van der Waals surface area contributed by atoms with Crippen LogP contribution in [0.4, 0.5) is 10.5 Å². The Morgan fingerprint density at radius 1 is 0.780 bits per heavy atom. The Morgan fingerprint density at radius 3 is 2.22 bits per heavy atom. The van der Waals surface area contributed by atoms with E-state index < -0.39 is 54.4 Å². The van der Waals surface area contributed by atoms with Gasteiger partial charge in [-0.3, -0.25) is 14.4 Å². The molecule has 0 aliphatic carbocycles. The highest BCUT2D eigenvalue weighted by Gasteiger charge is 2.30. The van der Waals surface area contributed by atoms with Crippen LogP contribution in [0.3, 0.4) is 0 Å². The number of amides is 4. The second-order valence-corrected chi connectivity index (χ2v) is 11.1. The molecule has 0 aliphatic heterocycles. The van der Waals surface area contributed by atoms with Gasteiger partial charge in [-0.05, 0) is 41.3 Å². The molecule has 0 aliphatic rings. The van der Waals surface area contributed by atoms with Crippen molar-refractivity contribution in [2.24, 2.45) is 5.92 Å². The highest BCUT2D eigenvalue weighted by molar-refractivity contribution is 6.00. The molecule has 0 saturated carbocycles. The fraction of sp³-hybridized carbons (Fsp3) is 0.324. The zero-order valence-corrected chi connectivity index (χ0v) is 27.8. The number of carbonyl (C=O) groups excluding carboxylic acids is 5. The largest absolute Gasteiger partial charge is 0.461 e. The van der Waals surface area contributed by atoms with Crippen LogP contribution in [0, 0.1) is 5.92 Å². The molecule has 0 saturated heterocycles. The van der Waals surface area contributed by atoms with Crippen molar-refractivity contribution in [3.63, 3.8) is 0 Å². The lowest BCUT2D eigenvalue weighted by molar-refractivity contribution is -0.148. The average Bonchev–Trinajstić information content (AvgIpc) is 3.12. The van der Waals surface area contributed by atoms with E-state index in [2.05, 4.69) is 34.4 Å². The van der Waals surface area contributed by atoms with Gasteiger partial charge in [0, 0.05) is 18.7 Å². The van der Waals surface area contributed by atoms with Gasteiger partial charge in [0.15, 0.2) is 0 Å². The first-order valence-corrected chi connectivity index (χ1v) is 16.1. The Balaban J connectivity index is 1.70. The molecule has 0 unspecified atom stereocenters. The number of hydrogen-bond acceptors (Lipinski definition) is 9. The molecule has 0 fully saturated rings. The summed E-state index contributed by atoms with van der Waals surface area (Å²) >= 11 is 0. The average molecular weight is 689 g/mol. The topological polar surface area (TPSA) is 181 Å². The molecular weight excluding hydrogens is 644 g/mol. The van der Waals surface area contributed by atoms with E-state index in [0.29, 0.717) is 5.69 Å². The van der Waals surface area contributed by atoms with Gasteiger partial charge >= 0.3 is 12.1 Å². The quantitative estimate of drug-likeness (QED) is 0.0637. The Morgan fingerprint density at radius 2 is 1.50 bits per heavy atom. The van der Waals surface area contributed by atoms with Crippen molar-refractivity contribution < 1.29 is 43.3 Å². The number of aliphatic hydroxyl groups excluding tert-OH is 1. The number of carbonyl (C=O) groups is 5. The summed E-state index contributed by atoms with van der Waals surface area (Å²) in [4.78, 5) is 65.2. The summed E-state index contributed by atoms with van der Waals surface area (Å²) in [5.74, 6) is -3.53. The zero-order chi connectivity index (χ0) is 36.1. The third-order valence-corrected chi connectivity index (χ3v) is 7.29. The maximum atomic E-state index is 13.6. The molecule has 4 amide bonds. The number of allylic oxidation sites excluding steroid dienone is 1. The predicted molar refractivity (Wildman–Crippen MR) is 188 cm³/mol. The standard InChI is InChI=1S/C37H44N4O9/c1-3-10-29(23-33(43)38-18-20-48-21-19-42)34(44)40-32(35(45)39-30-17-16-27-14-8-9-15-28(27)22-30)25-49-36(46)31(11-4-2)41-37(47)50-24-26-12-6-5-7-13-26/h3-9,12-17,22,29,31-32,42H,1-2,10-11,18-21,23-25H2,(H,38,43)(H,39,45)(H,40,44)(H,41,47)/t29-,31+,32-/m0/s1. The zero-order valence-electron chi connectivity index (χ0n) is 27.8. The minimum atomic E-state index is -1.38. The number of benzene rings is 3. The number of fused-ring (bicyclic) bond motifs is 1. The first-order valence-electron chi connectivity index (χ1n) is 16.1. The maximum Gasteiger partial charge on any atom is 0.408 e. The third-order valence-electron chi connectivity index (χ3n) is 7.29. The van der Waals surface area contributed by atoms with Gasteiger partial charge in [0.05, 0.1) is 25.7 Å². The SMILES string of the molecule is C=CC[C@@H](CC(=O)NCCOCCO)C(=O)N[C@@H](COC(=O)[C@@H](CC=C)NC(=O)OCc1ccccc1)C(=O)Nc1ccc2ccccc2c1. The van der Waals surface area contributed by atoms with Gasteiger partial charge in [-0.2, -0.15) is 0 Å². The summed E-state index contributed by atoms with van der Waals surface area (Å²) < 4.78 is 15.8. The number of aliphatic hydroxyl groups is 1. The molecule has 0 heterocycles. The number of rotatable bonds is 21. The van der Waals surface area contributed by atoms with Gasteiger partial charge in [0.25, 0.3) is 5.91 Å². The van der Waals surface area contributed by atoms with Crippen molar-refractivity contribution in [2.75, 3.05) is 38.3 Å². The summed E-state index contributed by atoms with van der Waals surface area (Å²) in [7, 11) is 0. The third kappa shape index (κ3) is 13.5. The summed E-state index contributed by atoms with van der Waals surface area (Å²) in [5.41, 5.74) is 1.19. The fourth-order valence-corrected chi connectivity index (χ4v) is 4.73. The van der Waals surface area contributed by atoms with E-state index in [1.54, 1.807) is 36.4 Å². The van der Waals surface area contributed by atoms with Gasteiger partial charge in [-0.25, -0.2) is 9.59 Å². The van der Waals surface area contributed by atoms with Crippen LogP contribution in [0.2, 0.25) is 0 Å². The smallest absolute Gasteiger partial charge is 0.408 e. The highest BCUT2D eigenvalue weighted by Crippen LogP contribution is 2.19. The van der Waals surface area contributed by atoms with Crippen LogP contribution in [0.15, 0.2) is 98.1 Å². The Hall–Kier alpha value is -5.53. The summed E-state index contributed by atoms with van der Waals surface area (Å²) in [6.07, 6.45) is 1.94. The van der Waals surface area contributed by atoms with Gasteiger partial charge in [-0.1, -0.05) is 72.8 Å². The number of esters is 1. The van der Waals surface area contributed by atoms with E-state index in [-0.39, 0.29) is 52.2 Å². The van der Waals surface area contributed by atoms with Crippen molar-refractivity contribution >= 4 is 46.2 Å². The second-order valence-electron chi connectivity index (χ2n) is 11.1. The van der Waals surface area contributed by atoms with Crippen molar-refractivity contribution in [1.82, 2.24) is 16.0 Å². The monoisotopic (exact) mass is 688 g/mol. The van der Waals surface area contributed by atoms with Crippen molar-refractivity contribution in [1.29, 1.82) is 0 Å². The van der Waals surface area contributed by atoms with E-state index in [4.69, 9.17) is 19.3 Å². The first kappa shape index (κ1) is 38.9. The molecule has 13 heteroatoms. The molecule has 266 valence electrons. The second kappa shape index (κ2) is 21.4. The Bertz CT molecular complexity index is 1600. The van der Waals surface area contributed by atoms with Crippen molar-refractivity contribution in [3.05, 3.63) is 104 Å². The van der Waals surface area contributed by atoms with Crippen molar-refractivity contribution in [2.45, 2.75) is 38.0 Å². The van der Waals surface area contributed by atoms with Gasteiger partial charge in [0.2, 0.25) is 11.8 Å². The summed E-state index contributed by atoms with van der Waals surface area (Å²) in [5, 5.41) is 21.1. The molecule has 0 spiro atoms. The van der Waals surface area contributed by atoms with Crippen LogP contribution < -0.4 is 21.3 Å². The van der Waals surface area contributed by atoms with Crippen LogP contribution in [-0.4, -0.2) is 79.9 Å². The van der Waals surface area contributed by atoms with E-state index in [9.17, 15) is 24.0 Å². The lowest BCUT2D eigenvalue weighted by atomic mass is 9.99. The Labute approximate surface area is 291 Å². The Kier molecular flexibility index (Phi) is 16.7. The molecule has 0 radical (unpaired) electrons. The highest BCUT2D eigenvalue weighted by atomic mass is 16.6. The minimum Gasteiger partial charge on any atom is -0.461 e. The summed E-state index contributed by atoms with van der Waals surface area (Å²) in [6, 6.07) is 19.3. The van der Waals surface area contributed by atoms with E-state index in [1.165, 1.54) is 12.2 Å². The summed E-state index contributed by atoms with van der Waals surface area (Å²) in [6.45, 7) is 7.03. The maximum absolute atomic E-state index is 13.6. The van der Waals surface area contributed by atoms with Crippen LogP contribution in [0.5, 0.6) is 0 Å². The lowest BCUT2D eigenvalue weighted by Gasteiger charge is -2.23. The van der Waals surface area contributed by atoms with E-state index in [1.807, 2.05) is 36.4 Å². The normalized spacial score (nSPS) is 12.4. The van der Waals surface area contributed by atoms with Gasteiger partial charge < -0.3 is 40.6 Å². The molecular formula is C37H44N4O9. The number of alkyl carbamates (subject to hydrolysis) is 1. The lowest BCUT2D eigenvalue weighted by Crippen LogP contribution is -2.50. The van der Waals surface area contributed by atoms with Crippen LogP contribution in [0.25, 0.3) is 10.8 Å². The molecule has 3 aromatic carbocycles. The van der Waals surface area contributed by atoms with Gasteiger partial charge in [0.1, 0.15) is 25.3 Å². The predicted octanol–water partition coefficient (Wildman–Crippen LogP) is 3.38. The number of ether oxygens (including phenoxy) is 3. The molecule has 3 rings (SSSR count). The minimum absolute atomic E-state index is 0.00113. The molecule has 50 heavy (non-hydrogen) atoms. The van der Waals surface area contributed by atoms with Crippen LogP contribution >= 0.6 is 0 Å². The molecule has 5 N–H and O–H groups in total. The number of hydrogen-bond donors (Lipinski definition) is 5. The fourth-order valence-electron chi connectivity index (χ4n) is 4.73. The first-order chi connectivity index (χ1) is 24.2. The number of nitrogens with one attached hydrogen (secondary N) is 4. The van der Waals surface area contributed by atoms with E-state index >= 15 is 0 Å². The molecule has 3 aromatic rings. The molecule has 3 atom stereocenters.